The Balaban J connectivity index is 1.83. The molecular weight excluding hydrogens is 382 g/mol. The molecule has 0 bridgehead atoms. The molecule has 0 aliphatic heterocycles. The lowest BCUT2D eigenvalue weighted by atomic mass is 9.97. The minimum absolute atomic E-state index is 0.127. The minimum atomic E-state index is -3.83. The zero-order valence-corrected chi connectivity index (χ0v) is 17.4. The lowest BCUT2D eigenvalue weighted by molar-refractivity contribution is -0.123. The molecule has 0 aromatic heterocycles. The highest BCUT2D eigenvalue weighted by Crippen LogP contribution is 2.21. The minimum Gasteiger partial charge on any atom is -0.298 e. The lowest BCUT2D eigenvalue weighted by Gasteiger charge is -2.20. The van der Waals surface area contributed by atoms with Gasteiger partial charge in [-0.15, -0.1) is 0 Å². The van der Waals surface area contributed by atoms with E-state index in [1.54, 1.807) is 38.1 Å². The molecule has 0 amide bonds. The summed E-state index contributed by atoms with van der Waals surface area (Å²) in [6.45, 7) is 3.56. The normalized spacial score (nSPS) is 12.7. The molecule has 0 aliphatic rings. The fourth-order valence-corrected chi connectivity index (χ4v) is 4.37. The molecule has 1 atom stereocenters. The van der Waals surface area contributed by atoms with Gasteiger partial charge >= 0.3 is 0 Å². The van der Waals surface area contributed by atoms with Gasteiger partial charge < -0.3 is 0 Å². The average molecular weight is 408 g/mol. The number of carbonyl (C=O) groups excluding carboxylic acids is 1. The van der Waals surface area contributed by atoms with E-state index >= 15 is 0 Å². The van der Waals surface area contributed by atoms with Crippen LogP contribution in [0.15, 0.2) is 89.8 Å². The molecule has 0 saturated heterocycles. The van der Waals surface area contributed by atoms with E-state index in [1.165, 1.54) is 0 Å². The smallest absolute Gasteiger partial charge is 0.241 e. The van der Waals surface area contributed by atoms with Crippen molar-refractivity contribution in [3.8, 4) is 11.1 Å². The molecule has 29 heavy (non-hydrogen) atoms. The Kier molecular flexibility index (Phi) is 6.62. The topological polar surface area (TPSA) is 63.2 Å². The first-order valence-corrected chi connectivity index (χ1v) is 11.1. The zero-order valence-electron chi connectivity index (χ0n) is 16.6. The summed E-state index contributed by atoms with van der Waals surface area (Å²) in [7, 11) is -3.83. The van der Waals surface area contributed by atoms with Gasteiger partial charge in [0.05, 0.1) is 10.9 Å². The van der Waals surface area contributed by atoms with Gasteiger partial charge in [-0.1, -0.05) is 86.6 Å². The molecule has 5 heteroatoms. The van der Waals surface area contributed by atoms with Crippen molar-refractivity contribution >= 4 is 15.8 Å². The molecule has 150 valence electrons. The molecular formula is C24H25NO3S. The van der Waals surface area contributed by atoms with E-state index < -0.39 is 16.1 Å². The molecule has 0 heterocycles. The van der Waals surface area contributed by atoms with Crippen LogP contribution in [0.2, 0.25) is 0 Å². The standard InChI is InChI=1S/C24H25NO3S/c1-18(2)24(26)23(17-19-9-5-3-6-10-19)25-29(27,28)22-15-13-21(14-16-22)20-11-7-4-8-12-20/h3-16,18,23,25H,17H2,1-2H3. The van der Waals surface area contributed by atoms with E-state index in [0.717, 1.165) is 16.7 Å². The number of sulfonamides is 1. The molecule has 1 N–H and O–H groups in total. The third kappa shape index (κ3) is 5.40. The van der Waals surface area contributed by atoms with Crippen LogP contribution in [0, 0.1) is 5.92 Å². The number of nitrogens with one attached hydrogen (secondary N) is 1. The van der Waals surface area contributed by atoms with Gasteiger partial charge in [0.25, 0.3) is 0 Å². The van der Waals surface area contributed by atoms with Gasteiger partial charge in [0, 0.05) is 5.92 Å². The molecule has 3 rings (SSSR count). The van der Waals surface area contributed by atoms with Crippen molar-refractivity contribution in [2.75, 3.05) is 0 Å². The second-order valence-corrected chi connectivity index (χ2v) is 9.03. The summed E-state index contributed by atoms with van der Waals surface area (Å²) in [6.07, 6.45) is 0.319. The Morgan fingerprint density at radius 1 is 0.793 bits per heavy atom. The molecule has 3 aromatic rings. The largest absolute Gasteiger partial charge is 0.298 e. The van der Waals surface area contributed by atoms with Crippen LogP contribution < -0.4 is 4.72 Å². The van der Waals surface area contributed by atoms with Crippen molar-refractivity contribution in [3.05, 3.63) is 90.5 Å². The second kappa shape index (κ2) is 9.16. The Labute approximate surface area is 172 Å². The van der Waals surface area contributed by atoms with Crippen LogP contribution in [0.25, 0.3) is 11.1 Å². The SMILES string of the molecule is CC(C)C(=O)C(Cc1ccccc1)NS(=O)(=O)c1ccc(-c2ccccc2)cc1. The molecule has 0 fully saturated rings. The summed E-state index contributed by atoms with van der Waals surface area (Å²) < 4.78 is 28.5. The van der Waals surface area contributed by atoms with Gasteiger partial charge in [-0.2, -0.15) is 0 Å². The van der Waals surface area contributed by atoms with Gasteiger partial charge in [-0.3, -0.25) is 4.79 Å². The Hall–Kier alpha value is -2.76. The summed E-state index contributed by atoms with van der Waals surface area (Å²) in [5.41, 5.74) is 2.86. The van der Waals surface area contributed by atoms with Crippen LogP contribution >= 0.6 is 0 Å². The Morgan fingerprint density at radius 3 is 1.86 bits per heavy atom. The molecule has 1 unspecified atom stereocenters. The highest BCUT2D eigenvalue weighted by Gasteiger charge is 2.27. The average Bonchev–Trinajstić information content (AvgIpc) is 2.74. The molecule has 4 nitrogen and oxygen atoms in total. The van der Waals surface area contributed by atoms with Crippen molar-refractivity contribution in [2.45, 2.75) is 31.2 Å². The van der Waals surface area contributed by atoms with Gasteiger partial charge in [-0.05, 0) is 35.2 Å². The number of benzene rings is 3. The third-order valence-electron chi connectivity index (χ3n) is 4.76. The quantitative estimate of drug-likeness (QED) is 0.599. The number of Topliss-reactive ketones (excluding diaryl/α,β-unsaturated/α-hetero) is 1. The van der Waals surface area contributed by atoms with Crippen LogP contribution in [0.5, 0.6) is 0 Å². The summed E-state index contributed by atoms with van der Waals surface area (Å²) in [6, 6.07) is 25.1. The molecule has 0 spiro atoms. The summed E-state index contributed by atoms with van der Waals surface area (Å²) in [4.78, 5) is 12.8. The molecule has 0 aliphatic carbocycles. The van der Waals surface area contributed by atoms with Gasteiger partial charge in [0.2, 0.25) is 10.0 Å². The van der Waals surface area contributed by atoms with Gasteiger partial charge in [0.1, 0.15) is 0 Å². The van der Waals surface area contributed by atoms with Crippen molar-refractivity contribution < 1.29 is 13.2 Å². The number of ketones is 1. The lowest BCUT2D eigenvalue weighted by Crippen LogP contribution is -2.44. The number of rotatable bonds is 8. The predicted molar refractivity (Wildman–Crippen MR) is 116 cm³/mol. The summed E-state index contributed by atoms with van der Waals surface area (Å²) >= 11 is 0. The van der Waals surface area contributed by atoms with Crippen molar-refractivity contribution in [1.29, 1.82) is 0 Å². The van der Waals surface area contributed by atoms with Gasteiger partial charge in [0.15, 0.2) is 5.78 Å². The maximum Gasteiger partial charge on any atom is 0.241 e. The first kappa shape index (κ1) is 21.0. The Bertz CT molecular complexity index is 1040. The van der Waals surface area contributed by atoms with Crippen LogP contribution in [0.3, 0.4) is 0 Å². The number of carbonyl (C=O) groups is 1. The van der Waals surface area contributed by atoms with Gasteiger partial charge in [-0.25, -0.2) is 13.1 Å². The van der Waals surface area contributed by atoms with Crippen LogP contribution in [-0.2, 0) is 21.2 Å². The van der Waals surface area contributed by atoms with Crippen molar-refractivity contribution in [3.63, 3.8) is 0 Å². The van der Waals surface area contributed by atoms with Crippen LogP contribution in [0.4, 0.5) is 0 Å². The van der Waals surface area contributed by atoms with E-state index in [0.29, 0.717) is 6.42 Å². The highest BCUT2D eigenvalue weighted by molar-refractivity contribution is 7.89. The summed E-state index contributed by atoms with van der Waals surface area (Å²) in [5, 5.41) is 0. The van der Waals surface area contributed by atoms with Crippen LogP contribution in [-0.4, -0.2) is 20.2 Å². The highest BCUT2D eigenvalue weighted by atomic mass is 32.2. The predicted octanol–water partition coefficient (Wildman–Crippen LogP) is 4.47. The second-order valence-electron chi connectivity index (χ2n) is 7.31. The van der Waals surface area contributed by atoms with E-state index in [2.05, 4.69) is 4.72 Å². The van der Waals surface area contributed by atoms with E-state index in [9.17, 15) is 13.2 Å². The molecule has 3 aromatic carbocycles. The first-order valence-electron chi connectivity index (χ1n) is 9.62. The first-order chi connectivity index (χ1) is 13.9. The van der Waals surface area contributed by atoms with Crippen molar-refractivity contribution in [2.24, 2.45) is 5.92 Å². The van der Waals surface area contributed by atoms with Crippen molar-refractivity contribution in [1.82, 2.24) is 4.72 Å². The molecule has 0 radical (unpaired) electrons. The van der Waals surface area contributed by atoms with E-state index in [4.69, 9.17) is 0 Å². The Morgan fingerprint density at radius 2 is 1.31 bits per heavy atom. The number of hydrogen-bond acceptors (Lipinski definition) is 3. The third-order valence-corrected chi connectivity index (χ3v) is 6.25. The maximum atomic E-state index is 12.9. The monoisotopic (exact) mass is 407 g/mol. The van der Waals surface area contributed by atoms with Crippen LogP contribution in [0.1, 0.15) is 19.4 Å². The zero-order chi connectivity index (χ0) is 20.9. The fraction of sp³-hybridized carbons (Fsp3) is 0.208. The van der Waals surface area contributed by atoms with E-state index in [1.807, 2.05) is 60.7 Å². The summed E-state index contributed by atoms with van der Waals surface area (Å²) in [5.74, 6) is -0.398. The molecule has 0 saturated carbocycles. The fourth-order valence-electron chi connectivity index (χ4n) is 3.16. The number of hydrogen-bond donors (Lipinski definition) is 1. The maximum absolute atomic E-state index is 12.9. The van der Waals surface area contributed by atoms with E-state index in [-0.39, 0.29) is 16.6 Å².